The van der Waals surface area contributed by atoms with E-state index in [9.17, 15) is 0 Å². The van der Waals surface area contributed by atoms with Gasteiger partial charge in [0.25, 0.3) is 0 Å². The summed E-state index contributed by atoms with van der Waals surface area (Å²) in [6.07, 6.45) is 1.63. The molecule has 4 heteroatoms. The predicted molar refractivity (Wildman–Crippen MR) is 133 cm³/mol. The molecule has 0 fully saturated rings. The summed E-state index contributed by atoms with van der Waals surface area (Å²) in [5.41, 5.74) is 4.94. The van der Waals surface area contributed by atoms with E-state index < -0.39 is 0 Å². The maximum atomic E-state index is 5.95. The molecule has 3 nitrogen and oxygen atoms in total. The van der Waals surface area contributed by atoms with E-state index in [2.05, 4.69) is 74.5 Å². The molecule has 0 spiro atoms. The molecule has 3 aromatic rings. The van der Waals surface area contributed by atoms with Gasteiger partial charge in [-0.1, -0.05) is 72.3 Å². The Morgan fingerprint density at radius 3 is 2.06 bits per heavy atom. The van der Waals surface area contributed by atoms with E-state index in [4.69, 9.17) is 14.2 Å². The van der Waals surface area contributed by atoms with Gasteiger partial charge >= 0.3 is 0 Å². The quantitative estimate of drug-likeness (QED) is 0.264. The normalized spacial score (nSPS) is 12.6. The van der Waals surface area contributed by atoms with Crippen LogP contribution < -0.4 is 4.74 Å². The second kappa shape index (κ2) is 13.3. The Morgan fingerprint density at radius 1 is 0.742 bits per heavy atom. The van der Waals surface area contributed by atoms with Crippen LogP contribution in [0.1, 0.15) is 36.1 Å². The van der Waals surface area contributed by atoms with Gasteiger partial charge in [0, 0.05) is 0 Å². The first-order chi connectivity index (χ1) is 14.6. The number of aryl methyl sites for hydroxylation is 1. The van der Waals surface area contributed by atoms with Gasteiger partial charge in [0.2, 0.25) is 0 Å². The van der Waals surface area contributed by atoms with Crippen molar-refractivity contribution in [2.24, 2.45) is 0 Å². The molecule has 0 N–H and O–H groups in total. The highest BCUT2D eigenvalue weighted by Gasteiger charge is 2.10. The SMILES string of the molecule is Cc1ccc(COc2ccc(CCOC(C)OC(C)Cc3ccccc3)cc2)cc1.P. The maximum absolute atomic E-state index is 5.95. The van der Waals surface area contributed by atoms with E-state index in [1.165, 1.54) is 22.3 Å². The third-order valence-electron chi connectivity index (χ3n) is 4.98. The summed E-state index contributed by atoms with van der Waals surface area (Å²) in [5.74, 6) is 0.881. The first-order valence-electron chi connectivity index (χ1n) is 10.7. The van der Waals surface area contributed by atoms with Crippen LogP contribution in [0.3, 0.4) is 0 Å². The molecular formula is C27H35O3P. The smallest absolute Gasteiger partial charge is 0.155 e. The van der Waals surface area contributed by atoms with Gasteiger partial charge in [0.1, 0.15) is 12.4 Å². The highest BCUT2D eigenvalue weighted by molar-refractivity contribution is 6.92. The topological polar surface area (TPSA) is 27.7 Å². The highest BCUT2D eigenvalue weighted by atomic mass is 31.0. The monoisotopic (exact) mass is 438 g/mol. The molecule has 0 amide bonds. The fraction of sp³-hybridized carbons (Fsp3) is 0.333. The number of ether oxygens (including phenoxy) is 3. The van der Waals surface area contributed by atoms with Crippen molar-refractivity contribution in [3.63, 3.8) is 0 Å². The zero-order valence-corrected chi connectivity index (χ0v) is 20.3. The summed E-state index contributed by atoms with van der Waals surface area (Å²) < 4.78 is 17.7. The number of hydrogen-bond donors (Lipinski definition) is 0. The largest absolute Gasteiger partial charge is 0.489 e. The Labute approximate surface area is 190 Å². The molecule has 0 aliphatic carbocycles. The van der Waals surface area contributed by atoms with Crippen LogP contribution in [-0.4, -0.2) is 19.0 Å². The lowest BCUT2D eigenvalue weighted by Gasteiger charge is -2.19. The van der Waals surface area contributed by atoms with Gasteiger partial charge in [-0.3, -0.25) is 0 Å². The van der Waals surface area contributed by atoms with Crippen molar-refractivity contribution >= 4 is 9.90 Å². The zero-order chi connectivity index (χ0) is 21.2. The van der Waals surface area contributed by atoms with E-state index in [1.807, 2.05) is 25.1 Å². The molecule has 3 atom stereocenters. The van der Waals surface area contributed by atoms with Crippen molar-refractivity contribution in [2.75, 3.05) is 6.61 Å². The highest BCUT2D eigenvalue weighted by Crippen LogP contribution is 2.15. The fourth-order valence-corrected chi connectivity index (χ4v) is 3.31. The van der Waals surface area contributed by atoms with Gasteiger partial charge in [-0.2, -0.15) is 9.90 Å². The summed E-state index contributed by atoms with van der Waals surface area (Å²) in [5, 5.41) is 0. The van der Waals surface area contributed by atoms with Crippen LogP contribution in [0.15, 0.2) is 78.9 Å². The molecule has 0 aromatic heterocycles. The second-order valence-corrected chi connectivity index (χ2v) is 7.74. The summed E-state index contributed by atoms with van der Waals surface area (Å²) in [6, 6.07) is 27.0. The van der Waals surface area contributed by atoms with Crippen LogP contribution in [0.4, 0.5) is 0 Å². The van der Waals surface area contributed by atoms with Crippen molar-refractivity contribution < 1.29 is 14.2 Å². The van der Waals surface area contributed by atoms with E-state index in [0.717, 1.165) is 18.6 Å². The molecule has 0 aliphatic heterocycles. The predicted octanol–water partition coefficient (Wildman–Crippen LogP) is 6.19. The number of rotatable bonds is 11. The van der Waals surface area contributed by atoms with Gasteiger partial charge in [0.15, 0.2) is 6.29 Å². The van der Waals surface area contributed by atoms with E-state index in [-0.39, 0.29) is 22.3 Å². The lowest BCUT2D eigenvalue weighted by molar-refractivity contribution is -0.154. The first kappa shape index (κ1) is 25.1. The molecule has 3 aromatic carbocycles. The van der Waals surface area contributed by atoms with Crippen LogP contribution in [0, 0.1) is 6.92 Å². The molecule has 0 saturated carbocycles. The average molecular weight is 439 g/mol. The third-order valence-corrected chi connectivity index (χ3v) is 4.98. The lowest BCUT2D eigenvalue weighted by atomic mass is 10.1. The number of benzene rings is 3. The summed E-state index contributed by atoms with van der Waals surface area (Å²) in [4.78, 5) is 0. The minimum absolute atomic E-state index is 0. The lowest BCUT2D eigenvalue weighted by Crippen LogP contribution is -2.22. The van der Waals surface area contributed by atoms with Crippen LogP contribution in [-0.2, 0) is 28.9 Å². The van der Waals surface area contributed by atoms with Gasteiger partial charge in [-0.15, -0.1) is 0 Å². The van der Waals surface area contributed by atoms with Crippen molar-refractivity contribution in [2.45, 2.75) is 52.6 Å². The Kier molecular flexibility index (Phi) is 10.7. The van der Waals surface area contributed by atoms with E-state index in [1.54, 1.807) is 0 Å². The second-order valence-electron chi connectivity index (χ2n) is 7.74. The van der Waals surface area contributed by atoms with Crippen molar-refractivity contribution in [1.29, 1.82) is 0 Å². The Morgan fingerprint density at radius 2 is 1.39 bits per heavy atom. The van der Waals surface area contributed by atoms with Crippen molar-refractivity contribution in [3.8, 4) is 5.75 Å². The zero-order valence-electron chi connectivity index (χ0n) is 18.9. The van der Waals surface area contributed by atoms with Crippen LogP contribution in [0.2, 0.25) is 0 Å². The molecule has 0 bridgehead atoms. The first-order valence-corrected chi connectivity index (χ1v) is 10.7. The fourth-order valence-electron chi connectivity index (χ4n) is 3.31. The number of hydrogen-bond acceptors (Lipinski definition) is 3. The average Bonchev–Trinajstić information content (AvgIpc) is 2.75. The van der Waals surface area contributed by atoms with Gasteiger partial charge < -0.3 is 14.2 Å². The van der Waals surface area contributed by atoms with Crippen LogP contribution in [0.5, 0.6) is 5.75 Å². The molecule has 3 unspecified atom stereocenters. The molecular weight excluding hydrogens is 403 g/mol. The van der Waals surface area contributed by atoms with Gasteiger partial charge in [-0.05, 0) is 62.4 Å². The van der Waals surface area contributed by atoms with E-state index >= 15 is 0 Å². The molecule has 0 radical (unpaired) electrons. The maximum Gasteiger partial charge on any atom is 0.155 e. The molecule has 31 heavy (non-hydrogen) atoms. The molecule has 0 saturated heterocycles. The van der Waals surface area contributed by atoms with Crippen molar-refractivity contribution in [3.05, 3.63) is 101 Å². The minimum atomic E-state index is -0.221. The molecule has 166 valence electrons. The van der Waals surface area contributed by atoms with E-state index in [0.29, 0.717) is 13.2 Å². The third kappa shape index (κ3) is 9.23. The summed E-state index contributed by atoms with van der Waals surface area (Å²) >= 11 is 0. The van der Waals surface area contributed by atoms with Gasteiger partial charge in [-0.25, -0.2) is 0 Å². The molecule has 0 heterocycles. The van der Waals surface area contributed by atoms with Crippen LogP contribution in [0.25, 0.3) is 0 Å². The molecule has 3 rings (SSSR count). The van der Waals surface area contributed by atoms with Crippen molar-refractivity contribution in [1.82, 2.24) is 0 Å². The molecule has 0 aliphatic rings. The summed E-state index contributed by atoms with van der Waals surface area (Å²) in [7, 11) is 0. The Hall–Kier alpha value is -2.19. The Balaban J connectivity index is 0.00000341. The standard InChI is InChI=1S/C27H32O3.H3P/c1-21-9-11-26(12-10-21)20-29-27-15-13-24(14-16-27)17-18-28-23(3)30-22(2)19-25-7-5-4-6-8-25;/h4-16,22-23H,17-20H2,1-3H3;1H3. The Bertz CT molecular complexity index is 863. The minimum Gasteiger partial charge on any atom is -0.489 e. The summed E-state index contributed by atoms with van der Waals surface area (Å²) in [6.45, 7) is 7.35. The van der Waals surface area contributed by atoms with Crippen LogP contribution >= 0.6 is 9.90 Å². The van der Waals surface area contributed by atoms with Gasteiger partial charge in [0.05, 0.1) is 12.7 Å².